The van der Waals surface area contributed by atoms with E-state index in [9.17, 15) is 0 Å². The van der Waals surface area contributed by atoms with Crippen molar-refractivity contribution in [1.82, 2.24) is 9.97 Å². The van der Waals surface area contributed by atoms with E-state index < -0.39 is 0 Å². The fraction of sp³-hybridized carbons (Fsp3) is 0.0909. The average molecular weight is 220 g/mol. The van der Waals surface area contributed by atoms with E-state index in [1.165, 1.54) is 0 Å². The molecule has 2 rings (SSSR count). The van der Waals surface area contributed by atoms with Crippen molar-refractivity contribution in [2.24, 2.45) is 0 Å². The zero-order valence-corrected chi connectivity index (χ0v) is 8.78. The summed E-state index contributed by atoms with van der Waals surface area (Å²) in [5.74, 6) is 0.454. The Hall–Kier alpha value is -1.61. The maximum Gasteiger partial charge on any atom is 0.0979 e. The lowest BCUT2D eigenvalue weighted by atomic mass is 10.1. The van der Waals surface area contributed by atoms with Crippen LogP contribution in [0.1, 0.15) is 5.56 Å². The number of rotatable bonds is 2. The third-order valence-corrected chi connectivity index (χ3v) is 2.27. The second-order valence-corrected chi connectivity index (χ2v) is 3.36. The van der Waals surface area contributed by atoms with Gasteiger partial charge < -0.3 is 5.73 Å². The summed E-state index contributed by atoms with van der Waals surface area (Å²) in [5.41, 5.74) is 9.06. The van der Waals surface area contributed by atoms with Gasteiger partial charge in [0.25, 0.3) is 0 Å². The summed E-state index contributed by atoms with van der Waals surface area (Å²) in [6.45, 7) is 0. The second-order valence-electron chi connectivity index (χ2n) is 3.05. The fourth-order valence-corrected chi connectivity index (χ4v) is 1.50. The number of aromatic nitrogens is 2. The molecule has 0 amide bonds. The van der Waals surface area contributed by atoms with Crippen LogP contribution in [0.15, 0.2) is 30.6 Å². The number of nitrogens with zero attached hydrogens (tertiary/aromatic N) is 2. The topological polar surface area (TPSA) is 51.8 Å². The quantitative estimate of drug-likeness (QED) is 0.624. The maximum atomic E-state index is 5.87. The molecule has 0 radical (unpaired) electrons. The van der Waals surface area contributed by atoms with Crippen molar-refractivity contribution in [3.05, 3.63) is 36.2 Å². The first-order chi connectivity index (χ1) is 7.33. The van der Waals surface area contributed by atoms with Crippen LogP contribution in [0.3, 0.4) is 0 Å². The van der Waals surface area contributed by atoms with Crippen LogP contribution in [0.5, 0.6) is 0 Å². The lowest BCUT2D eigenvalue weighted by Gasteiger charge is -2.03. The van der Waals surface area contributed by atoms with Crippen LogP contribution in [0.25, 0.3) is 17.1 Å². The molecule has 1 aromatic carbocycles. The van der Waals surface area contributed by atoms with E-state index in [0.29, 0.717) is 11.6 Å². The number of allylic oxidation sites excluding steroid dienone is 1. The number of hydrogen-bond donors (Lipinski definition) is 1. The predicted octanol–water partition coefficient (Wildman–Crippen LogP) is 2.46. The third-order valence-electron chi connectivity index (χ3n) is 2.09. The van der Waals surface area contributed by atoms with Crippen molar-refractivity contribution in [1.29, 1.82) is 0 Å². The van der Waals surface area contributed by atoms with Crippen LogP contribution in [-0.4, -0.2) is 15.8 Å². The Morgan fingerprint density at radius 3 is 2.87 bits per heavy atom. The number of fused-ring (bicyclic) bond motifs is 1. The summed E-state index contributed by atoms with van der Waals surface area (Å²) in [6, 6.07) is 3.68. The molecule has 0 aliphatic rings. The van der Waals surface area contributed by atoms with E-state index in [-0.39, 0.29) is 0 Å². The van der Waals surface area contributed by atoms with Crippen molar-refractivity contribution in [3.8, 4) is 0 Å². The zero-order chi connectivity index (χ0) is 10.7. The molecule has 2 N–H and O–H groups in total. The van der Waals surface area contributed by atoms with Gasteiger partial charge in [0, 0.05) is 29.5 Å². The molecule has 1 aromatic heterocycles. The molecular weight excluding hydrogens is 210 g/mol. The van der Waals surface area contributed by atoms with Gasteiger partial charge in [-0.05, 0) is 12.1 Å². The minimum absolute atomic E-state index is 0.454. The van der Waals surface area contributed by atoms with E-state index in [4.69, 9.17) is 17.3 Å². The molecule has 0 spiro atoms. The Morgan fingerprint density at radius 1 is 1.27 bits per heavy atom. The summed E-state index contributed by atoms with van der Waals surface area (Å²) >= 11 is 5.59. The molecule has 76 valence electrons. The largest absolute Gasteiger partial charge is 0.398 e. The molecule has 0 bridgehead atoms. The number of anilines is 1. The normalized spacial score (nSPS) is 11.3. The van der Waals surface area contributed by atoms with E-state index in [1.807, 2.05) is 24.3 Å². The monoisotopic (exact) mass is 219 g/mol. The van der Waals surface area contributed by atoms with Gasteiger partial charge in [-0.15, -0.1) is 11.6 Å². The first-order valence-electron chi connectivity index (χ1n) is 4.54. The summed E-state index contributed by atoms with van der Waals surface area (Å²) in [4.78, 5) is 8.46. The lowest BCUT2D eigenvalue weighted by molar-refractivity contribution is 1.29. The lowest BCUT2D eigenvalue weighted by Crippen LogP contribution is -1.93. The molecule has 2 aromatic rings. The van der Waals surface area contributed by atoms with Gasteiger partial charge in [-0.25, -0.2) is 0 Å². The molecule has 0 saturated carbocycles. The molecule has 4 heteroatoms. The van der Waals surface area contributed by atoms with Gasteiger partial charge in [0.05, 0.1) is 11.0 Å². The van der Waals surface area contributed by atoms with E-state index >= 15 is 0 Å². The number of alkyl halides is 1. The zero-order valence-electron chi connectivity index (χ0n) is 8.02. The molecule has 1 heterocycles. The van der Waals surface area contributed by atoms with Gasteiger partial charge in [-0.2, -0.15) is 0 Å². The Morgan fingerprint density at radius 2 is 2.07 bits per heavy atom. The van der Waals surface area contributed by atoms with Crippen LogP contribution in [0.4, 0.5) is 5.69 Å². The highest BCUT2D eigenvalue weighted by molar-refractivity contribution is 6.19. The number of nitrogens with two attached hydrogens (primary N) is 1. The number of nitrogen functional groups attached to an aromatic ring is 1. The van der Waals surface area contributed by atoms with E-state index in [0.717, 1.165) is 16.6 Å². The van der Waals surface area contributed by atoms with Gasteiger partial charge in [-0.3, -0.25) is 9.97 Å². The van der Waals surface area contributed by atoms with Crippen LogP contribution in [0, 0.1) is 0 Å². The Bertz CT molecular complexity index is 508. The molecule has 15 heavy (non-hydrogen) atoms. The molecule has 0 unspecified atom stereocenters. The third kappa shape index (κ3) is 1.92. The number of hydrogen-bond acceptors (Lipinski definition) is 3. The van der Waals surface area contributed by atoms with Crippen LogP contribution in [0.2, 0.25) is 0 Å². The highest BCUT2D eigenvalue weighted by Crippen LogP contribution is 2.22. The Balaban J connectivity index is 2.68. The number of halogens is 1. The van der Waals surface area contributed by atoms with Crippen molar-refractivity contribution in [2.45, 2.75) is 0 Å². The molecular formula is C11H10ClN3. The van der Waals surface area contributed by atoms with Gasteiger partial charge in [0.15, 0.2) is 0 Å². The minimum Gasteiger partial charge on any atom is -0.398 e. The molecule has 0 aliphatic heterocycles. The fourth-order valence-electron chi connectivity index (χ4n) is 1.41. The van der Waals surface area contributed by atoms with Gasteiger partial charge >= 0.3 is 0 Å². The first-order valence-corrected chi connectivity index (χ1v) is 5.08. The highest BCUT2D eigenvalue weighted by Gasteiger charge is 2.03. The average Bonchev–Trinajstić information content (AvgIpc) is 2.28. The molecule has 0 atom stereocenters. The molecule has 0 fully saturated rings. The smallest absolute Gasteiger partial charge is 0.0979 e. The van der Waals surface area contributed by atoms with Gasteiger partial charge in [0.1, 0.15) is 0 Å². The maximum absolute atomic E-state index is 5.87. The second kappa shape index (κ2) is 4.28. The van der Waals surface area contributed by atoms with E-state index in [2.05, 4.69) is 9.97 Å². The Labute approximate surface area is 92.6 Å². The van der Waals surface area contributed by atoms with Crippen molar-refractivity contribution in [2.75, 3.05) is 11.6 Å². The van der Waals surface area contributed by atoms with Gasteiger partial charge in [-0.1, -0.05) is 12.2 Å². The van der Waals surface area contributed by atoms with Crippen LogP contribution < -0.4 is 5.73 Å². The van der Waals surface area contributed by atoms with E-state index in [1.54, 1.807) is 12.4 Å². The SMILES string of the molecule is Nc1ccc2nccnc2c1C=CCCl. The van der Waals surface area contributed by atoms with Gasteiger partial charge in [0.2, 0.25) is 0 Å². The first kappa shape index (κ1) is 9.93. The Kier molecular flexibility index (Phi) is 2.83. The summed E-state index contributed by atoms with van der Waals surface area (Å²) in [5, 5.41) is 0. The summed E-state index contributed by atoms with van der Waals surface area (Å²) in [7, 11) is 0. The molecule has 0 aliphatic carbocycles. The predicted molar refractivity (Wildman–Crippen MR) is 63.7 cm³/mol. The van der Waals surface area contributed by atoms with Crippen molar-refractivity contribution < 1.29 is 0 Å². The summed E-state index contributed by atoms with van der Waals surface area (Å²) in [6.07, 6.45) is 7.02. The molecule has 0 saturated heterocycles. The number of benzene rings is 1. The minimum atomic E-state index is 0.454. The summed E-state index contributed by atoms with van der Waals surface area (Å²) < 4.78 is 0. The van der Waals surface area contributed by atoms with Crippen molar-refractivity contribution in [3.63, 3.8) is 0 Å². The highest BCUT2D eigenvalue weighted by atomic mass is 35.5. The van der Waals surface area contributed by atoms with Crippen molar-refractivity contribution >= 4 is 34.4 Å². The molecule has 3 nitrogen and oxygen atoms in total. The standard InChI is InChI=1S/C11H10ClN3/c12-5-1-2-8-9(13)3-4-10-11(8)15-7-6-14-10/h1-4,6-7H,5,13H2. The van der Waals surface area contributed by atoms with Crippen LogP contribution in [-0.2, 0) is 0 Å². The van der Waals surface area contributed by atoms with Crippen LogP contribution >= 0.6 is 11.6 Å².